The van der Waals surface area contributed by atoms with Gasteiger partial charge in [-0.05, 0) is 48.7 Å². The van der Waals surface area contributed by atoms with Gasteiger partial charge >= 0.3 is 0 Å². The van der Waals surface area contributed by atoms with Gasteiger partial charge in [0.15, 0.2) is 0 Å². The lowest BCUT2D eigenvalue weighted by atomic mass is 10.0. The average molecular weight is 310 g/mol. The number of hydrogen-bond donors (Lipinski definition) is 1. The highest BCUT2D eigenvalue weighted by molar-refractivity contribution is 6.33. The molecule has 0 aliphatic heterocycles. The maximum Gasteiger partial charge on any atom is 0.119 e. The van der Waals surface area contributed by atoms with E-state index in [1.807, 2.05) is 36.4 Å². The molecule has 2 aromatic carbocycles. The van der Waals surface area contributed by atoms with Crippen molar-refractivity contribution in [3.63, 3.8) is 0 Å². The van der Waals surface area contributed by atoms with Crippen LogP contribution in [-0.2, 0) is 6.42 Å². The van der Waals surface area contributed by atoms with Gasteiger partial charge in [0.2, 0.25) is 0 Å². The molecule has 0 aromatic heterocycles. The molecule has 0 amide bonds. The number of nitrogens with two attached hydrogens (primary N) is 1. The van der Waals surface area contributed by atoms with Crippen LogP contribution < -0.4 is 10.5 Å². The monoisotopic (exact) mass is 309 g/mol. The zero-order chi connectivity index (χ0) is 14.4. The summed E-state index contributed by atoms with van der Waals surface area (Å²) in [6.45, 7) is 0.587. The van der Waals surface area contributed by atoms with Crippen molar-refractivity contribution < 1.29 is 4.74 Å². The minimum Gasteiger partial charge on any atom is -0.494 e. The predicted octanol–water partition coefficient (Wildman–Crippen LogP) is 4.33. The van der Waals surface area contributed by atoms with Crippen molar-refractivity contribution in [1.29, 1.82) is 0 Å². The van der Waals surface area contributed by atoms with E-state index >= 15 is 0 Å². The highest BCUT2D eigenvalue weighted by atomic mass is 35.5. The van der Waals surface area contributed by atoms with Gasteiger partial charge < -0.3 is 10.5 Å². The molecule has 0 fully saturated rings. The van der Waals surface area contributed by atoms with Gasteiger partial charge in [0.25, 0.3) is 0 Å². The van der Waals surface area contributed by atoms with Gasteiger partial charge in [0, 0.05) is 16.1 Å². The minimum atomic E-state index is -0.00493. The zero-order valence-electron chi connectivity index (χ0n) is 11.1. The second-order valence-corrected chi connectivity index (χ2v) is 5.49. The van der Waals surface area contributed by atoms with Crippen LogP contribution in [0.1, 0.15) is 12.0 Å². The first-order valence-corrected chi connectivity index (χ1v) is 7.28. The number of para-hydroxylation sites is 1. The Hall–Kier alpha value is -1.22. The van der Waals surface area contributed by atoms with Crippen molar-refractivity contribution in [1.82, 2.24) is 0 Å². The average Bonchev–Trinajstić information content (AvgIpc) is 2.44. The Bertz CT molecular complexity index is 545. The molecule has 2 nitrogen and oxygen atoms in total. The Kier molecular flexibility index (Phi) is 5.72. The highest BCUT2D eigenvalue weighted by Gasteiger charge is 2.08. The largest absolute Gasteiger partial charge is 0.494 e. The molecule has 0 aliphatic rings. The van der Waals surface area contributed by atoms with Crippen LogP contribution in [0, 0.1) is 0 Å². The molecule has 1 unspecified atom stereocenters. The summed E-state index contributed by atoms with van der Waals surface area (Å²) in [5.74, 6) is 0.862. The maximum absolute atomic E-state index is 6.12. The van der Waals surface area contributed by atoms with E-state index in [1.54, 1.807) is 12.1 Å². The van der Waals surface area contributed by atoms with Crippen molar-refractivity contribution in [2.24, 2.45) is 5.73 Å². The third-order valence-corrected chi connectivity index (χ3v) is 3.59. The van der Waals surface area contributed by atoms with Gasteiger partial charge in [-0.1, -0.05) is 41.4 Å². The summed E-state index contributed by atoms with van der Waals surface area (Å²) in [7, 11) is 0. The van der Waals surface area contributed by atoms with Crippen LogP contribution in [0.2, 0.25) is 10.0 Å². The topological polar surface area (TPSA) is 35.2 Å². The molecular formula is C16H17Cl2NO. The van der Waals surface area contributed by atoms with Crippen LogP contribution in [0.3, 0.4) is 0 Å². The molecule has 0 radical (unpaired) electrons. The standard InChI is InChI=1S/C16H17Cl2NO/c17-13-6-7-16(18)12(10-13)11-14(19)8-9-20-15-4-2-1-3-5-15/h1-7,10,14H,8-9,11,19H2. The minimum absolute atomic E-state index is 0.00493. The van der Waals surface area contributed by atoms with Gasteiger partial charge in [0.1, 0.15) is 5.75 Å². The molecule has 0 aliphatic carbocycles. The molecule has 0 bridgehead atoms. The summed E-state index contributed by atoms with van der Waals surface area (Å²) >= 11 is 12.1. The van der Waals surface area contributed by atoms with Crippen LogP contribution >= 0.6 is 23.2 Å². The van der Waals surface area contributed by atoms with Crippen molar-refractivity contribution in [2.75, 3.05) is 6.61 Å². The SMILES string of the molecule is NC(CCOc1ccccc1)Cc1cc(Cl)ccc1Cl. The summed E-state index contributed by atoms with van der Waals surface area (Å²) in [6, 6.07) is 15.1. The van der Waals surface area contributed by atoms with Gasteiger partial charge in [-0.3, -0.25) is 0 Å². The van der Waals surface area contributed by atoms with E-state index in [0.29, 0.717) is 23.1 Å². The van der Waals surface area contributed by atoms with Crippen molar-refractivity contribution >= 4 is 23.2 Å². The molecule has 0 saturated carbocycles. The summed E-state index contributed by atoms with van der Waals surface area (Å²) < 4.78 is 5.63. The molecule has 0 saturated heterocycles. The lowest BCUT2D eigenvalue weighted by molar-refractivity contribution is 0.297. The lowest BCUT2D eigenvalue weighted by Gasteiger charge is -2.13. The van der Waals surface area contributed by atoms with Crippen LogP contribution in [0.4, 0.5) is 0 Å². The third kappa shape index (κ3) is 4.71. The Balaban J connectivity index is 1.80. The summed E-state index contributed by atoms with van der Waals surface area (Å²) in [5.41, 5.74) is 7.09. The Morgan fingerprint density at radius 2 is 1.80 bits per heavy atom. The van der Waals surface area contributed by atoms with Gasteiger partial charge in [-0.25, -0.2) is 0 Å². The fourth-order valence-electron chi connectivity index (χ4n) is 1.93. The van der Waals surface area contributed by atoms with E-state index < -0.39 is 0 Å². The first kappa shape index (κ1) is 15.2. The normalized spacial score (nSPS) is 12.2. The van der Waals surface area contributed by atoms with Crippen LogP contribution in [0.25, 0.3) is 0 Å². The molecule has 106 valence electrons. The number of halogens is 2. The van der Waals surface area contributed by atoms with Gasteiger partial charge in [-0.2, -0.15) is 0 Å². The molecule has 1 atom stereocenters. The molecule has 4 heteroatoms. The van der Waals surface area contributed by atoms with Crippen LogP contribution in [0.15, 0.2) is 48.5 Å². The Morgan fingerprint density at radius 1 is 1.05 bits per heavy atom. The van der Waals surface area contributed by atoms with Crippen LogP contribution in [-0.4, -0.2) is 12.6 Å². The predicted molar refractivity (Wildman–Crippen MR) is 84.7 cm³/mol. The molecule has 2 aromatic rings. The van der Waals surface area contributed by atoms with Gasteiger partial charge in [-0.15, -0.1) is 0 Å². The fourth-order valence-corrected chi connectivity index (χ4v) is 2.32. The second-order valence-electron chi connectivity index (χ2n) is 4.65. The molecule has 0 spiro atoms. The first-order chi connectivity index (χ1) is 9.65. The molecule has 0 heterocycles. The second kappa shape index (κ2) is 7.53. The fraction of sp³-hybridized carbons (Fsp3) is 0.250. The molecule has 2 rings (SSSR count). The summed E-state index contributed by atoms with van der Waals surface area (Å²) in [4.78, 5) is 0. The Labute approximate surface area is 129 Å². The van der Waals surface area contributed by atoms with E-state index in [9.17, 15) is 0 Å². The van der Waals surface area contributed by atoms with E-state index in [-0.39, 0.29) is 6.04 Å². The van der Waals surface area contributed by atoms with Crippen LogP contribution in [0.5, 0.6) is 5.75 Å². The number of ether oxygens (including phenoxy) is 1. The Morgan fingerprint density at radius 3 is 2.55 bits per heavy atom. The van der Waals surface area contributed by atoms with Crippen molar-refractivity contribution in [2.45, 2.75) is 18.9 Å². The maximum atomic E-state index is 6.12. The number of rotatable bonds is 6. The summed E-state index contributed by atoms with van der Waals surface area (Å²) in [6.07, 6.45) is 1.45. The van der Waals surface area contributed by atoms with Crippen molar-refractivity contribution in [3.8, 4) is 5.75 Å². The lowest BCUT2D eigenvalue weighted by Crippen LogP contribution is -2.25. The molecular weight excluding hydrogens is 293 g/mol. The van der Waals surface area contributed by atoms with E-state index in [2.05, 4.69) is 0 Å². The molecule has 2 N–H and O–H groups in total. The quantitative estimate of drug-likeness (QED) is 0.862. The van der Waals surface area contributed by atoms with E-state index in [4.69, 9.17) is 33.7 Å². The number of benzene rings is 2. The summed E-state index contributed by atoms with van der Waals surface area (Å²) in [5, 5.41) is 1.38. The first-order valence-electron chi connectivity index (χ1n) is 6.52. The van der Waals surface area contributed by atoms with Gasteiger partial charge in [0.05, 0.1) is 6.61 Å². The number of hydrogen-bond acceptors (Lipinski definition) is 2. The smallest absolute Gasteiger partial charge is 0.119 e. The zero-order valence-corrected chi connectivity index (χ0v) is 12.6. The third-order valence-electron chi connectivity index (χ3n) is 2.99. The highest BCUT2D eigenvalue weighted by Crippen LogP contribution is 2.22. The molecule has 20 heavy (non-hydrogen) atoms. The van der Waals surface area contributed by atoms with Crippen molar-refractivity contribution in [3.05, 3.63) is 64.1 Å². The van der Waals surface area contributed by atoms with E-state index in [0.717, 1.165) is 17.7 Å². The van der Waals surface area contributed by atoms with E-state index in [1.165, 1.54) is 0 Å².